The summed E-state index contributed by atoms with van der Waals surface area (Å²) in [6.07, 6.45) is 2.77. The van der Waals surface area contributed by atoms with Crippen molar-refractivity contribution >= 4 is 17.8 Å². The lowest BCUT2D eigenvalue weighted by atomic mass is 10.1. The van der Waals surface area contributed by atoms with Crippen LogP contribution in [0.25, 0.3) is 0 Å². The van der Waals surface area contributed by atoms with E-state index < -0.39 is 18.0 Å². The molecule has 0 aliphatic carbocycles. The summed E-state index contributed by atoms with van der Waals surface area (Å²) in [5, 5.41) is 23.0. The van der Waals surface area contributed by atoms with Crippen molar-refractivity contribution in [3.8, 4) is 0 Å². The lowest BCUT2D eigenvalue weighted by molar-refractivity contribution is -0.142. The SMILES string of the molecule is O=C(O)CCCCC(NC(=O)[C@@H]1CCCN1)C(=O)O. The number of hydrogen-bond acceptors (Lipinski definition) is 4. The number of aliphatic carboxylic acids is 2. The van der Waals surface area contributed by atoms with Gasteiger partial charge in [-0.2, -0.15) is 0 Å². The number of carboxylic acids is 2. The summed E-state index contributed by atoms with van der Waals surface area (Å²) in [4.78, 5) is 33.1. The molecule has 0 aromatic rings. The fourth-order valence-electron chi connectivity index (χ4n) is 2.06. The van der Waals surface area contributed by atoms with E-state index in [1.807, 2.05) is 0 Å². The third-order valence-corrected chi connectivity index (χ3v) is 3.12. The molecule has 1 fully saturated rings. The van der Waals surface area contributed by atoms with Crippen LogP contribution in [0.3, 0.4) is 0 Å². The van der Waals surface area contributed by atoms with E-state index in [2.05, 4.69) is 10.6 Å². The van der Waals surface area contributed by atoms with Gasteiger partial charge in [0.15, 0.2) is 0 Å². The Balaban J connectivity index is 2.33. The first kappa shape index (κ1) is 15.4. The van der Waals surface area contributed by atoms with Crippen molar-refractivity contribution in [1.29, 1.82) is 0 Å². The zero-order valence-electron chi connectivity index (χ0n) is 10.7. The molecule has 0 bridgehead atoms. The van der Waals surface area contributed by atoms with E-state index in [0.29, 0.717) is 12.8 Å². The number of amides is 1. The van der Waals surface area contributed by atoms with Crippen LogP contribution >= 0.6 is 0 Å². The highest BCUT2D eigenvalue weighted by atomic mass is 16.4. The average molecular weight is 272 g/mol. The molecule has 1 heterocycles. The molecule has 1 aliphatic rings. The van der Waals surface area contributed by atoms with E-state index in [1.54, 1.807) is 0 Å². The maximum atomic E-state index is 11.8. The fourth-order valence-corrected chi connectivity index (χ4v) is 2.06. The second-order valence-corrected chi connectivity index (χ2v) is 4.69. The minimum absolute atomic E-state index is 0.0183. The third kappa shape index (κ3) is 5.69. The summed E-state index contributed by atoms with van der Waals surface area (Å²) in [5.41, 5.74) is 0. The minimum atomic E-state index is -1.08. The molecular weight excluding hydrogens is 252 g/mol. The van der Waals surface area contributed by atoms with Gasteiger partial charge in [0.05, 0.1) is 6.04 Å². The molecule has 1 rings (SSSR count). The molecule has 0 spiro atoms. The van der Waals surface area contributed by atoms with Gasteiger partial charge in [-0.25, -0.2) is 4.79 Å². The molecule has 1 unspecified atom stereocenters. The smallest absolute Gasteiger partial charge is 0.326 e. The van der Waals surface area contributed by atoms with Gasteiger partial charge >= 0.3 is 11.9 Å². The zero-order valence-corrected chi connectivity index (χ0v) is 10.7. The van der Waals surface area contributed by atoms with Gasteiger partial charge in [0.1, 0.15) is 6.04 Å². The Morgan fingerprint density at radius 3 is 2.53 bits per heavy atom. The maximum Gasteiger partial charge on any atom is 0.326 e. The Hall–Kier alpha value is -1.63. The number of hydrogen-bond donors (Lipinski definition) is 4. The van der Waals surface area contributed by atoms with Crippen molar-refractivity contribution in [2.24, 2.45) is 0 Å². The van der Waals surface area contributed by atoms with E-state index in [1.165, 1.54) is 0 Å². The van der Waals surface area contributed by atoms with Crippen LogP contribution < -0.4 is 10.6 Å². The summed E-state index contributed by atoms with van der Waals surface area (Å²) in [6.45, 7) is 0.772. The van der Waals surface area contributed by atoms with Crippen LogP contribution in [0.5, 0.6) is 0 Å². The van der Waals surface area contributed by atoms with Gasteiger partial charge in [0.2, 0.25) is 5.91 Å². The first-order valence-electron chi connectivity index (χ1n) is 6.49. The lowest BCUT2D eigenvalue weighted by Gasteiger charge is -2.17. The molecule has 19 heavy (non-hydrogen) atoms. The van der Waals surface area contributed by atoms with Gasteiger partial charge < -0.3 is 20.8 Å². The van der Waals surface area contributed by atoms with E-state index in [4.69, 9.17) is 10.2 Å². The van der Waals surface area contributed by atoms with Gasteiger partial charge in [-0.15, -0.1) is 0 Å². The maximum absolute atomic E-state index is 11.8. The van der Waals surface area contributed by atoms with Crippen LogP contribution in [-0.2, 0) is 14.4 Å². The zero-order chi connectivity index (χ0) is 14.3. The summed E-state index contributed by atoms with van der Waals surface area (Å²) >= 11 is 0. The number of carboxylic acid groups (broad SMARTS) is 2. The van der Waals surface area contributed by atoms with Crippen molar-refractivity contribution < 1.29 is 24.6 Å². The van der Waals surface area contributed by atoms with Crippen LogP contribution in [-0.4, -0.2) is 46.7 Å². The van der Waals surface area contributed by atoms with E-state index in [9.17, 15) is 14.4 Å². The second kappa shape index (κ2) is 7.73. The van der Waals surface area contributed by atoms with E-state index in [0.717, 1.165) is 19.4 Å². The molecule has 108 valence electrons. The lowest BCUT2D eigenvalue weighted by Crippen LogP contribution is -2.48. The Morgan fingerprint density at radius 2 is 2.00 bits per heavy atom. The third-order valence-electron chi connectivity index (χ3n) is 3.12. The van der Waals surface area contributed by atoms with Crippen molar-refractivity contribution in [2.75, 3.05) is 6.54 Å². The van der Waals surface area contributed by atoms with E-state index in [-0.39, 0.29) is 24.8 Å². The highest BCUT2D eigenvalue weighted by Gasteiger charge is 2.26. The Morgan fingerprint density at radius 1 is 1.26 bits per heavy atom. The normalized spacial score (nSPS) is 19.9. The molecule has 1 amide bonds. The van der Waals surface area contributed by atoms with Crippen molar-refractivity contribution in [3.63, 3.8) is 0 Å². The second-order valence-electron chi connectivity index (χ2n) is 4.69. The summed E-state index contributed by atoms with van der Waals surface area (Å²) < 4.78 is 0. The van der Waals surface area contributed by atoms with Crippen molar-refractivity contribution in [1.82, 2.24) is 10.6 Å². The Bertz CT molecular complexity index is 339. The molecule has 0 aromatic heterocycles. The predicted octanol–water partition coefficient (Wildman–Crippen LogP) is -0.0472. The molecule has 7 heteroatoms. The number of nitrogens with one attached hydrogen (secondary N) is 2. The molecule has 1 saturated heterocycles. The molecule has 1 aliphatic heterocycles. The van der Waals surface area contributed by atoms with Crippen LogP contribution in [0.1, 0.15) is 38.5 Å². The van der Waals surface area contributed by atoms with Gasteiger partial charge in [-0.1, -0.05) is 6.42 Å². The highest BCUT2D eigenvalue weighted by molar-refractivity contribution is 5.87. The molecular formula is C12H20N2O5. The molecule has 0 radical (unpaired) electrons. The highest BCUT2D eigenvalue weighted by Crippen LogP contribution is 2.08. The largest absolute Gasteiger partial charge is 0.481 e. The van der Waals surface area contributed by atoms with Crippen molar-refractivity contribution in [2.45, 2.75) is 50.6 Å². The van der Waals surface area contributed by atoms with Gasteiger partial charge in [0.25, 0.3) is 0 Å². The van der Waals surface area contributed by atoms with Crippen molar-refractivity contribution in [3.05, 3.63) is 0 Å². The molecule has 2 atom stereocenters. The van der Waals surface area contributed by atoms with Crippen LogP contribution in [0.4, 0.5) is 0 Å². The number of unbranched alkanes of at least 4 members (excludes halogenated alkanes) is 1. The Labute approximate surface area is 111 Å². The molecule has 0 saturated carbocycles. The first-order chi connectivity index (χ1) is 9.00. The van der Waals surface area contributed by atoms with Crippen LogP contribution in [0.2, 0.25) is 0 Å². The molecule has 7 nitrogen and oxygen atoms in total. The van der Waals surface area contributed by atoms with Gasteiger partial charge in [-0.05, 0) is 32.2 Å². The standard InChI is InChI=1S/C12H20N2O5/c15-10(16)6-2-1-4-9(12(18)19)14-11(17)8-5-3-7-13-8/h8-9,13H,1-7H2,(H,14,17)(H,15,16)(H,18,19)/t8-,9?/m0/s1. The molecule has 4 N–H and O–H groups in total. The topological polar surface area (TPSA) is 116 Å². The van der Waals surface area contributed by atoms with Crippen LogP contribution in [0.15, 0.2) is 0 Å². The summed E-state index contributed by atoms with van der Waals surface area (Å²) in [6, 6.07) is -1.25. The average Bonchev–Trinajstić information content (AvgIpc) is 2.85. The number of carbonyl (C=O) groups is 3. The predicted molar refractivity (Wildman–Crippen MR) is 66.7 cm³/mol. The number of carbonyl (C=O) groups excluding carboxylic acids is 1. The monoisotopic (exact) mass is 272 g/mol. The Kier molecular flexibility index (Phi) is 6.27. The van der Waals surface area contributed by atoms with Crippen LogP contribution in [0, 0.1) is 0 Å². The summed E-state index contributed by atoms with van der Waals surface area (Å²) in [5.74, 6) is -2.27. The van der Waals surface area contributed by atoms with Gasteiger partial charge in [0, 0.05) is 6.42 Å². The molecule has 0 aromatic carbocycles. The van der Waals surface area contributed by atoms with Gasteiger partial charge in [-0.3, -0.25) is 9.59 Å². The minimum Gasteiger partial charge on any atom is -0.481 e. The number of rotatable bonds is 8. The quantitative estimate of drug-likeness (QED) is 0.460. The summed E-state index contributed by atoms with van der Waals surface area (Å²) in [7, 11) is 0. The first-order valence-corrected chi connectivity index (χ1v) is 6.49. The fraction of sp³-hybridized carbons (Fsp3) is 0.750. The van der Waals surface area contributed by atoms with E-state index >= 15 is 0 Å².